The van der Waals surface area contributed by atoms with Crippen LogP contribution in [0.15, 0.2) is 36.7 Å². The van der Waals surface area contributed by atoms with Crippen LogP contribution in [0.1, 0.15) is 31.4 Å². The fourth-order valence-electron chi connectivity index (χ4n) is 1.89. The predicted molar refractivity (Wildman–Crippen MR) is 69.4 cm³/mol. The maximum absolute atomic E-state index is 10.1. The highest BCUT2D eigenvalue weighted by Gasteiger charge is 2.10. The summed E-state index contributed by atoms with van der Waals surface area (Å²) in [5.41, 5.74) is 0.890. The van der Waals surface area contributed by atoms with Crippen molar-refractivity contribution in [2.45, 2.75) is 25.9 Å². The molecule has 86 valence electrons. The van der Waals surface area contributed by atoms with E-state index in [1.54, 1.807) is 6.20 Å². The first-order valence-electron chi connectivity index (χ1n) is 5.73. The lowest BCUT2D eigenvalue weighted by Gasteiger charge is -2.11. The summed E-state index contributed by atoms with van der Waals surface area (Å²) in [6, 6.07) is 7.97. The maximum Gasteiger partial charge on any atom is 0.0820 e. The van der Waals surface area contributed by atoms with Crippen molar-refractivity contribution in [3.05, 3.63) is 42.2 Å². The highest BCUT2D eigenvalue weighted by molar-refractivity contribution is 5.84. The Kier molecular flexibility index (Phi) is 3.74. The van der Waals surface area contributed by atoms with Crippen LogP contribution in [-0.4, -0.2) is 10.1 Å². The number of aliphatic hydroxyl groups is 1. The molecule has 1 atom stereocenters. The first-order valence-corrected chi connectivity index (χ1v) is 5.73. The van der Waals surface area contributed by atoms with Gasteiger partial charge in [0, 0.05) is 29.8 Å². The topological polar surface area (TPSA) is 33.1 Å². The summed E-state index contributed by atoms with van der Waals surface area (Å²) in [4.78, 5) is 4.17. The zero-order valence-electron chi connectivity index (χ0n) is 9.85. The third-order valence-corrected chi connectivity index (χ3v) is 2.78. The predicted octanol–water partition coefficient (Wildman–Crippen LogP) is 3.07. The van der Waals surface area contributed by atoms with Crippen LogP contribution in [0.4, 0.5) is 0 Å². The molecule has 0 bridgehead atoms. The number of aliphatic hydroxyl groups excluding tert-OH is 1. The van der Waals surface area contributed by atoms with Crippen molar-refractivity contribution in [2.75, 3.05) is 0 Å². The number of hydrogen-bond donors (Lipinski definition) is 1. The molecule has 2 aromatic rings. The molecule has 1 N–H and O–H groups in total. The number of aromatic nitrogens is 1. The van der Waals surface area contributed by atoms with E-state index in [4.69, 9.17) is 0 Å². The fourth-order valence-corrected chi connectivity index (χ4v) is 1.89. The molecule has 0 saturated heterocycles. The first kappa shape index (κ1) is 11.6. The second-order valence-corrected chi connectivity index (χ2v) is 3.93. The van der Waals surface area contributed by atoms with Gasteiger partial charge in [-0.15, -0.1) is 11.8 Å². The van der Waals surface area contributed by atoms with Crippen LogP contribution in [-0.2, 0) is 0 Å². The minimum absolute atomic E-state index is 0.491. The quantitative estimate of drug-likeness (QED) is 0.814. The Morgan fingerprint density at radius 3 is 2.94 bits per heavy atom. The van der Waals surface area contributed by atoms with Gasteiger partial charge in [0.25, 0.3) is 0 Å². The summed E-state index contributed by atoms with van der Waals surface area (Å²) in [6.45, 7) is 1.81. The van der Waals surface area contributed by atoms with E-state index in [0.29, 0.717) is 12.8 Å². The largest absolute Gasteiger partial charge is 0.388 e. The number of pyridine rings is 1. The van der Waals surface area contributed by atoms with Crippen LogP contribution in [0.25, 0.3) is 10.8 Å². The molecule has 1 aromatic carbocycles. The third-order valence-electron chi connectivity index (χ3n) is 2.78. The molecule has 0 spiro atoms. The second-order valence-electron chi connectivity index (χ2n) is 3.93. The van der Waals surface area contributed by atoms with Gasteiger partial charge in [-0.25, -0.2) is 0 Å². The molecular formula is C15H15NO. The lowest BCUT2D eigenvalue weighted by molar-refractivity contribution is 0.170. The van der Waals surface area contributed by atoms with Gasteiger partial charge in [0.15, 0.2) is 0 Å². The Morgan fingerprint density at radius 1 is 1.29 bits per heavy atom. The fraction of sp³-hybridized carbons (Fsp3) is 0.267. The summed E-state index contributed by atoms with van der Waals surface area (Å²) in [6.07, 6.45) is 4.43. The summed E-state index contributed by atoms with van der Waals surface area (Å²) >= 11 is 0. The van der Waals surface area contributed by atoms with Crippen molar-refractivity contribution in [1.29, 1.82) is 0 Å². The molecule has 1 heterocycles. The molecule has 2 nitrogen and oxygen atoms in total. The van der Waals surface area contributed by atoms with Crippen LogP contribution in [0, 0.1) is 11.8 Å². The van der Waals surface area contributed by atoms with Gasteiger partial charge in [-0.3, -0.25) is 4.98 Å². The van der Waals surface area contributed by atoms with Gasteiger partial charge in [0.1, 0.15) is 0 Å². The van der Waals surface area contributed by atoms with Crippen molar-refractivity contribution in [3.8, 4) is 11.8 Å². The Labute approximate surface area is 101 Å². The molecule has 17 heavy (non-hydrogen) atoms. The zero-order valence-corrected chi connectivity index (χ0v) is 9.85. The molecule has 0 amide bonds. The van der Waals surface area contributed by atoms with Crippen LogP contribution >= 0.6 is 0 Å². The Hall–Kier alpha value is -1.85. The van der Waals surface area contributed by atoms with Crippen molar-refractivity contribution in [2.24, 2.45) is 0 Å². The molecule has 2 rings (SSSR count). The Balaban J connectivity index is 2.30. The summed E-state index contributed by atoms with van der Waals surface area (Å²) in [5, 5.41) is 12.3. The number of rotatable bonds is 3. The van der Waals surface area contributed by atoms with Gasteiger partial charge in [0.05, 0.1) is 6.10 Å². The molecule has 1 aromatic heterocycles. The standard InChI is InChI=1S/C15H15NO/c1-2-3-4-9-15(17)14-11-16-10-12-7-5-6-8-13(12)14/h5-8,10-11,15,17H,4,9H2,1H3. The van der Waals surface area contributed by atoms with Crippen molar-refractivity contribution in [3.63, 3.8) is 0 Å². The Morgan fingerprint density at radius 2 is 2.12 bits per heavy atom. The number of nitrogens with zero attached hydrogens (tertiary/aromatic N) is 1. The van der Waals surface area contributed by atoms with E-state index in [1.807, 2.05) is 37.4 Å². The average Bonchev–Trinajstić information content (AvgIpc) is 2.38. The van der Waals surface area contributed by atoms with E-state index in [0.717, 1.165) is 16.3 Å². The smallest absolute Gasteiger partial charge is 0.0820 e. The highest BCUT2D eigenvalue weighted by atomic mass is 16.3. The lowest BCUT2D eigenvalue weighted by atomic mass is 10.0. The molecule has 0 radical (unpaired) electrons. The zero-order chi connectivity index (χ0) is 12.1. The number of hydrogen-bond acceptors (Lipinski definition) is 2. The Bertz CT molecular complexity index is 560. The third kappa shape index (κ3) is 2.64. The van der Waals surface area contributed by atoms with Gasteiger partial charge < -0.3 is 5.11 Å². The normalized spacial score (nSPS) is 11.9. The molecule has 0 aliphatic carbocycles. The van der Waals surface area contributed by atoms with Crippen LogP contribution in [0.3, 0.4) is 0 Å². The van der Waals surface area contributed by atoms with E-state index >= 15 is 0 Å². The summed E-state index contributed by atoms with van der Waals surface area (Å²) < 4.78 is 0. The first-order chi connectivity index (χ1) is 8.33. The second kappa shape index (κ2) is 5.47. The lowest BCUT2D eigenvalue weighted by Crippen LogP contribution is -1.98. The van der Waals surface area contributed by atoms with Crippen molar-refractivity contribution in [1.82, 2.24) is 4.98 Å². The number of fused-ring (bicyclic) bond motifs is 1. The molecule has 0 aliphatic rings. The minimum Gasteiger partial charge on any atom is -0.388 e. The number of benzene rings is 1. The SMILES string of the molecule is CC#CCCC(O)c1cncc2ccccc12. The van der Waals surface area contributed by atoms with Crippen LogP contribution in [0.5, 0.6) is 0 Å². The van der Waals surface area contributed by atoms with E-state index in [2.05, 4.69) is 16.8 Å². The maximum atomic E-state index is 10.1. The molecular weight excluding hydrogens is 210 g/mol. The van der Waals surface area contributed by atoms with Crippen molar-refractivity contribution >= 4 is 10.8 Å². The van der Waals surface area contributed by atoms with Crippen LogP contribution < -0.4 is 0 Å². The molecule has 0 aliphatic heterocycles. The van der Waals surface area contributed by atoms with Crippen molar-refractivity contribution < 1.29 is 5.11 Å². The molecule has 2 heteroatoms. The van der Waals surface area contributed by atoms with E-state index in [-0.39, 0.29) is 0 Å². The summed E-state index contributed by atoms with van der Waals surface area (Å²) in [5.74, 6) is 5.80. The molecule has 1 unspecified atom stereocenters. The molecule has 0 fully saturated rings. The van der Waals surface area contributed by atoms with E-state index < -0.39 is 6.10 Å². The van der Waals surface area contributed by atoms with Gasteiger partial charge in [-0.2, -0.15) is 0 Å². The highest BCUT2D eigenvalue weighted by Crippen LogP contribution is 2.25. The minimum atomic E-state index is -0.491. The summed E-state index contributed by atoms with van der Waals surface area (Å²) in [7, 11) is 0. The van der Waals surface area contributed by atoms with Crippen LogP contribution in [0.2, 0.25) is 0 Å². The van der Waals surface area contributed by atoms with Gasteiger partial charge in [-0.1, -0.05) is 24.3 Å². The average molecular weight is 225 g/mol. The molecule has 0 saturated carbocycles. The monoisotopic (exact) mass is 225 g/mol. The van der Waals surface area contributed by atoms with Gasteiger partial charge >= 0.3 is 0 Å². The van der Waals surface area contributed by atoms with E-state index in [9.17, 15) is 5.11 Å². The van der Waals surface area contributed by atoms with E-state index in [1.165, 1.54) is 0 Å². The van der Waals surface area contributed by atoms with Gasteiger partial charge in [0.2, 0.25) is 0 Å². The van der Waals surface area contributed by atoms with Gasteiger partial charge in [-0.05, 0) is 18.7 Å².